The minimum absolute atomic E-state index is 0.0181. The molecule has 0 spiro atoms. The Hall–Kier alpha value is -3.00. The number of carbonyl (C=O) groups excluding carboxylic acids is 1. The van der Waals surface area contributed by atoms with Crippen LogP contribution >= 0.6 is 11.8 Å². The van der Waals surface area contributed by atoms with E-state index in [1.165, 1.54) is 11.8 Å². The highest BCUT2D eigenvalue weighted by atomic mass is 32.2. The van der Waals surface area contributed by atoms with E-state index in [1.807, 2.05) is 66.1 Å². The van der Waals surface area contributed by atoms with Crippen LogP contribution in [0.4, 0.5) is 0 Å². The molecule has 0 unspecified atom stereocenters. The molecule has 0 saturated carbocycles. The number of nitrogens with zero attached hydrogens (tertiary/aromatic N) is 3. The molecule has 7 nitrogen and oxygen atoms in total. The quantitative estimate of drug-likeness (QED) is 0.514. The third-order valence-electron chi connectivity index (χ3n) is 4.05. The first-order chi connectivity index (χ1) is 14.2. The van der Waals surface area contributed by atoms with Crippen molar-refractivity contribution in [3.05, 3.63) is 60.4 Å². The molecule has 1 amide bonds. The molecule has 0 radical (unpaired) electrons. The molecule has 0 atom stereocenters. The van der Waals surface area contributed by atoms with Crippen molar-refractivity contribution >= 4 is 17.7 Å². The minimum atomic E-state index is -0.0181. The van der Waals surface area contributed by atoms with Crippen molar-refractivity contribution in [3.63, 3.8) is 0 Å². The number of nitrogens with one attached hydrogen (secondary N) is 1. The first-order valence-corrected chi connectivity index (χ1v) is 10.4. The van der Waals surface area contributed by atoms with Gasteiger partial charge in [-0.25, -0.2) is 0 Å². The Balaban J connectivity index is 1.75. The molecule has 0 aliphatic rings. The molecule has 1 aromatic heterocycles. The maximum atomic E-state index is 12.0. The third-order valence-corrected chi connectivity index (χ3v) is 4.98. The van der Waals surface area contributed by atoms with E-state index >= 15 is 0 Å². The Morgan fingerprint density at radius 1 is 1.07 bits per heavy atom. The van der Waals surface area contributed by atoms with Crippen LogP contribution in [0.3, 0.4) is 0 Å². The average molecular weight is 413 g/mol. The zero-order valence-electron chi connectivity index (χ0n) is 16.5. The number of methoxy groups -OCH3 is 1. The molecular formula is C21H24N4O3S. The predicted molar refractivity (Wildman–Crippen MR) is 113 cm³/mol. The number of hydrogen-bond acceptors (Lipinski definition) is 6. The summed E-state index contributed by atoms with van der Waals surface area (Å²) in [5.74, 6) is 2.40. The molecule has 3 aromatic rings. The van der Waals surface area contributed by atoms with Crippen LogP contribution in [0.5, 0.6) is 11.5 Å². The smallest absolute Gasteiger partial charge is 0.230 e. The lowest BCUT2D eigenvalue weighted by Gasteiger charge is -2.11. The van der Waals surface area contributed by atoms with Gasteiger partial charge in [0.15, 0.2) is 11.0 Å². The van der Waals surface area contributed by atoms with Crippen molar-refractivity contribution in [3.8, 4) is 17.2 Å². The zero-order valence-corrected chi connectivity index (χ0v) is 17.3. The van der Waals surface area contributed by atoms with Crippen molar-refractivity contribution in [1.29, 1.82) is 0 Å². The Morgan fingerprint density at radius 3 is 2.48 bits per heavy atom. The SMILES string of the molecule is CCCNC(=O)CSc1nnc(COc2ccc(OC)cc2)n1-c1ccccc1. The lowest BCUT2D eigenvalue weighted by molar-refractivity contribution is -0.118. The Morgan fingerprint density at radius 2 is 1.79 bits per heavy atom. The monoisotopic (exact) mass is 412 g/mol. The van der Waals surface area contributed by atoms with Gasteiger partial charge in [0.1, 0.15) is 18.1 Å². The summed E-state index contributed by atoms with van der Waals surface area (Å²) >= 11 is 1.35. The third kappa shape index (κ3) is 5.74. The highest BCUT2D eigenvalue weighted by Gasteiger charge is 2.16. The Bertz CT molecular complexity index is 913. The van der Waals surface area contributed by atoms with Crippen LogP contribution in [0.15, 0.2) is 59.8 Å². The fourth-order valence-corrected chi connectivity index (χ4v) is 3.39. The minimum Gasteiger partial charge on any atom is -0.497 e. The summed E-state index contributed by atoms with van der Waals surface area (Å²) < 4.78 is 13.0. The fraction of sp³-hybridized carbons (Fsp3) is 0.286. The normalized spacial score (nSPS) is 10.6. The maximum absolute atomic E-state index is 12.0. The first-order valence-electron chi connectivity index (χ1n) is 9.37. The van der Waals surface area contributed by atoms with Gasteiger partial charge in [0.25, 0.3) is 0 Å². The van der Waals surface area contributed by atoms with Crippen molar-refractivity contribution in [2.24, 2.45) is 0 Å². The largest absolute Gasteiger partial charge is 0.497 e. The van der Waals surface area contributed by atoms with Crippen molar-refractivity contribution in [2.45, 2.75) is 25.1 Å². The fourth-order valence-electron chi connectivity index (χ4n) is 2.59. The number of rotatable bonds is 10. The van der Waals surface area contributed by atoms with Gasteiger partial charge in [-0.2, -0.15) is 0 Å². The maximum Gasteiger partial charge on any atom is 0.230 e. The number of benzene rings is 2. The van der Waals surface area contributed by atoms with E-state index < -0.39 is 0 Å². The van der Waals surface area contributed by atoms with Gasteiger partial charge in [-0.3, -0.25) is 9.36 Å². The molecule has 3 rings (SSSR count). The lowest BCUT2D eigenvalue weighted by Crippen LogP contribution is -2.25. The summed E-state index contributed by atoms with van der Waals surface area (Å²) in [5.41, 5.74) is 0.919. The van der Waals surface area contributed by atoms with Crippen LogP contribution in [0.25, 0.3) is 5.69 Å². The predicted octanol–water partition coefficient (Wildman–Crippen LogP) is 3.47. The molecule has 0 bridgehead atoms. The van der Waals surface area contributed by atoms with Crippen molar-refractivity contribution < 1.29 is 14.3 Å². The lowest BCUT2D eigenvalue weighted by atomic mass is 10.3. The van der Waals surface area contributed by atoms with E-state index in [2.05, 4.69) is 15.5 Å². The summed E-state index contributed by atoms with van der Waals surface area (Å²) in [6.07, 6.45) is 0.906. The van der Waals surface area contributed by atoms with E-state index in [0.717, 1.165) is 17.9 Å². The van der Waals surface area contributed by atoms with E-state index in [9.17, 15) is 4.79 Å². The molecule has 0 aliphatic heterocycles. The molecule has 0 saturated heterocycles. The summed E-state index contributed by atoms with van der Waals surface area (Å²) in [6.45, 7) is 2.94. The molecule has 8 heteroatoms. The van der Waals surface area contributed by atoms with E-state index in [4.69, 9.17) is 9.47 Å². The average Bonchev–Trinajstić information content (AvgIpc) is 3.18. The number of thioether (sulfide) groups is 1. The molecule has 0 aliphatic carbocycles. The van der Waals surface area contributed by atoms with Gasteiger partial charge in [0.2, 0.25) is 5.91 Å². The number of ether oxygens (including phenoxy) is 2. The van der Waals surface area contributed by atoms with Gasteiger partial charge in [0, 0.05) is 12.2 Å². The number of aromatic nitrogens is 3. The second kappa shape index (κ2) is 10.5. The number of amides is 1. The van der Waals surface area contributed by atoms with Gasteiger partial charge < -0.3 is 14.8 Å². The first kappa shape index (κ1) is 20.7. The summed E-state index contributed by atoms with van der Waals surface area (Å²) in [6, 6.07) is 17.2. The highest BCUT2D eigenvalue weighted by molar-refractivity contribution is 7.99. The van der Waals surface area contributed by atoms with E-state index in [1.54, 1.807) is 7.11 Å². The zero-order chi connectivity index (χ0) is 20.5. The molecule has 1 N–H and O–H groups in total. The highest BCUT2D eigenvalue weighted by Crippen LogP contribution is 2.23. The van der Waals surface area contributed by atoms with Gasteiger partial charge in [-0.15, -0.1) is 10.2 Å². The molecule has 0 fully saturated rings. The van der Waals surface area contributed by atoms with Gasteiger partial charge in [-0.05, 0) is 42.8 Å². The number of hydrogen-bond donors (Lipinski definition) is 1. The Labute approximate surface area is 174 Å². The number of para-hydroxylation sites is 1. The molecule has 2 aromatic carbocycles. The van der Waals surface area contributed by atoms with Crippen LogP contribution in [0.1, 0.15) is 19.2 Å². The molecule has 29 heavy (non-hydrogen) atoms. The second-order valence-electron chi connectivity index (χ2n) is 6.17. The number of carbonyl (C=O) groups is 1. The summed E-state index contributed by atoms with van der Waals surface area (Å²) in [4.78, 5) is 12.0. The van der Waals surface area contributed by atoms with Gasteiger partial charge in [0.05, 0.1) is 12.9 Å². The van der Waals surface area contributed by atoms with Crippen molar-refractivity contribution in [1.82, 2.24) is 20.1 Å². The molecule has 1 heterocycles. The standard InChI is InChI=1S/C21H24N4O3S/c1-3-13-22-20(26)15-29-21-24-23-19(25(21)16-7-5-4-6-8-16)14-28-18-11-9-17(27-2)10-12-18/h4-12H,3,13-15H2,1-2H3,(H,22,26). The topological polar surface area (TPSA) is 78.3 Å². The molecular weight excluding hydrogens is 388 g/mol. The summed E-state index contributed by atoms with van der Waals surface area (Å²) in [7, 11) is 1.62. The van der Waals surface area contributed by atoms with Crippen LogP contribution in [0, 0.1) is 0 Å². The van der Waals surface area contributed by atoms with Crippen LogP contribution in [-0.2, 0) is 11.4 Å². The second-order valence-corrected chi connectivity index (χ2v) is 7.12. The van der Waals surface area contributed by atoms with E-state index in [0.29, 0.717) is 23.3 Å². The summed E-state index contributed by atoms with van der Waals surface area (Å²) in [5, 5.41) is 12.1. The van der Waals surface area contributed by atoms with Crippen LogP contribution < -0.4 is 14.8 Å². The van der Waals surface area contributed by atoms with Gasteiger partial charge in [-0.1, -0.05) is 36.9 Å². The van der Waals surface area contributed by atoms with Crippen LogP contribution in [-0.4, -0.2) is 40.1 Å². The Kier molecular flexibility index (Phi) is 7.52. The van der Waals surface area contributed by atoms with Gasteiger partial charge >= 0.3 is 0 Å². The van der Waals surface area contributed by atoms with Crippen molar-refractivity contribution in [2.75, 3.05) is 19.4 Å². The molecule has 152 valence electrons. The van der Waals surface area contributed by atoms with E-state index in [-0.39, 0.29) is 18.3 Å². The van der Waals surface area contributed by atoms with Crippen LogP contribution in [0.2, 0.25) is 0 Å².